The summed E-state index contributed by atoms with van der Waals surface area (Å²) in [7, 11) is 1.35. The molecule has 1 fully saturated rings. The minimum absolute atomic E-state index is 0.0521. The Hall–Kier alpha value is -4.00. The van der Waals surface area contributed by atoms with Crippen molar-refractivity contribution in [1.82, 2.24) is 4.98 Å². The first-order valence-corrected chi connectivity index (χ1v) is 11.6. The van der Waals surface area contributed by atoms with Crippen LogP contribution in [0.2, 0.25) is 0 Å². The lowest BCUT2D eigenvalue weighted by molar-refractivity contribution is -0.146. The van der Waals surface area contributed by atoms with E-state index in [1.54, 1.807) is 36.4 Å². The van der Waals surface area contributed by atoms with E-state index in [0.717, 1.165) is 17.5 Å². The van der Waals surface area contributed by atoms with Crippen LogP contribution in [0.1, 0.15) is 35.2 Å². The maximum absolute atomic E-state index is 14.9. The summed E-state index contributed by atoms with van der Waals surface area (Å²) in [5.41, 5.74) is 4.62. The number of rotatable bonds is 6. The number of carbonyl (C=O) groups excluding carboxylic acids is 2. The van der Waals surface area contributed by atoms with Gasteiger partial charge in [0.2, 0.25) is 0 Å². The number of anilines is 2. The molecule has 0 aliphatic heterocycles. The summed E-state index contributed by atoms with van der Waals surface area (Å²) < 4.78 is 25.4. The highest BCUT2D eigenvalue weighted by molar-refractivity contribution is 6.00. The molecular formula is C28H25FN2O4. The first-order chi connectivity index (χ1) is 16.9. The van der Waals surface area contributed by atoms with Crippen LogP contribution in [0.15, 0.2) is 65.1 Å². The minimum Gasteiger partial charge on any atom is -0.469 e. The molecule has 0 spiro atoms. The van der Waals surface area contributed by atoms with Gasteiger partial charge in [-0.1, -0.05) is 42.8 Å². The first kappa shape index (κ1) is 22.8. The molecule has 1 aliphatic carbocycles. The van der Waals surface area contributed by atoms with Gasteiger partial charge in [0.15, 0.2) is 11.4 Å². The zero-order valence-corrected chi connectivity index (χ0v) is 19.5. The van der Waals surface area contributed by atoms with Gasteiger partial charge in [-0.05, 0) is 60.7 Å². The lowest BCUT2D eigenvalue weighted by Gasteiger charge is -2.16. The molecule has 35 heavy (non-hydrogen) atoms. The summed E-state index contributed by atoms with van der Waals surface area (Å²) in [6, 6.07) is 17.8. The molecule has 0 unspecified atom stereocenters. The number of benzene rings is 3. The Kier molecular flexibility index (Phi) is 6.07. The minimum atomic E-state index is -0.451. The molecule has 0 amide bonds. The van der Waals surface area contributed by atoms with Crippen molar-refractivity contribution in [3.8, 4) is 11.1 Å². The fourth-order valence-corrected chi connectivity index (χ4v) is 4.74. The number of aromatic nitrogens is 1. The van der Waals surface area contributed by atoms with Crippen LogP contribution in [0, 0.1) is 24.6 Å². The van der Waals surface area contributed by atoms with Crippen LogP contribution in [0.25, 0.3) is 22.2 Å². The van der Waals surface area contributed by atoms with Crippen LogP contribution in [-0.2, 0) is 9.53 Å². The highest BCUT2D eigenvalue weighted by Crippen LogP contribution is 2.35. The first-order valence-electron chi connectivity index (χ1n) is 11.6. The maximum atomic E-state index is 14.9. The number of ether oxygens (including phenoxy) is 1. The molecule has 3 aromatic carbocycles. The Morgan fingerprint density at radius 1 is 1.00 bits per heavy atom. The number of halogens is 1. The number of methoxy groups -OCH3 is 1. The zero-order chi connectivity index (χ0) is 24.5. The molecule has 2 atom stereocenters. The fraction of sp³-hybridized carbons (Fsp3) is 0.250. The summed E-state index contributed by atoms with van der Waals surface area (Å²) in [6.45, 7) is 1.96. The van der Waals surface area contributed by atoms with E-state index in [-0.39, 0.29) is 35.3 Å². The Bertz CT molecular complexity index is 1410. The Labute approximate surface area is 202 Å². The summed E-state index contributed by atoms with van der Waals surface area (Å²) in [4.78, 5) is 29.3. The molecule has 178 valence electrons. The van der Waals surface area contributed by atoms with Gasteiger partial charge < -0.3 is 14.5 Å². The van der Waals surface area contributed by atoms with Crippen LogP contribution < -0.4 is 5.32 Å². The second kappa shape index (κ2) is 9.33. The third-order valence-corrected chi connectivity index (χ3v) is 6.61. The van der Waals surface area contributed by atoms with Gasteiger partial charge in [-0.3, -0.25) is 9.59 Å². The highest BCUT2D eigenvalue weighted by atomic mass is 19.1. The van der Waals surface area contributed by atoms with Crippen LogP contribution in [-0.4, -0.2) is 23.8 Å². The van der Waals surface area contributed by atoms with E-state index in [1.807, 2.05) is 25.1 Å². The normalized spacial score (nSPS) is 17.5. The highest BCUT2D eigenvalue weighted by Gasteiger charge is 2.38. The maximum Gasteiger partial charge on any atom is 0.309 e. The van der Waals surface area contributed by atoms with Crippen molar-refractivity contribution in [2.24, 2.45) is 11.8 Å². The number of Topliss-reactive ketones (excluding diaryl/α,β-unsaturated/α-hetero) is 1. The van der Waals surface area contributed by atoms with Crippen LogP contribution in [0.4, 0.5) is 16.1 Å². The molecule has 6 nitrogen and oxygen atoms in total. The number of oxazole rings is 1. The van der Waals surface area contributed by atoms with Crippen LogP contribution >= 0.6 is 0 Å². The van der Waals surface area contributed by atoms with Gasteiger partial charge in [0.1, 0.15) is 11.3 Å². The van der Waals surface area contributed by atoms with E-state index in [1.165, 1.54) is 13.2 Å². The van der Waals surface area contributed by atoms with Crippen LogP contribution in [0.3, 0.4) is 0 Å². The van der Waals surface area contributed by atoms with Gasteiger partial charge in [-0.2, -0.15) is 4.98 Å². The molecule has 7 heteroatoms. The van der Waals surface area contributed by atoms with E-state index in [9.17, 15) is 14.0 Å². The van der Waals surface area contributed by atoms with Crippen molar-refractivity contribution in [2.45, 2.75) is 26.2 Å². The molecule has 0 bridgehead atoms. The molecule has 1 saturated carbocycles. The number of aryl methyl sites for hydroxylation is 1. The van der Waals surface area contributed by atoms with Gasteiger partial charge >= 0.3 is 5.97 Å². The molecule has 4 aromatic rings. The van der Waals surface area contributed by atoms with Crippen molar-refractivity contribution in [3.63, 3.8) is 0 Å². The molecule has 1 N–H and O–H groups in total. The molecular weight excluding hydrogens is 447 g/mol. The van der Waals surface area contributed by atoms with Gasteiger partial charge in [0.25, 0.3) is 6.01 Å². The molecule has 1 aliphatic rings. The zero-order valence-electron chi connectivity index (χ0n) is 19.5. The quantitative estimate of drug-likeness (QED) is 0.256. The third-order valence-electron chi connectivity index (χ3n) is 6.61. The van der Waals surface area contributed by atoms with Crippen molar-refractivity contribution >= 4 is 34.6 Å². The van der Waals surface area contributed by atoms with E-state index in [4.69, 9.17) is 9.15 Å². The number of ketones is 1. The summed E-state index contributed by atoms with van der Waals surface area (Å²) >= 11 is 0. The number of nitrogens with zero attached hydrogens (tertiary/aromatic N) is 1. The second-order valence-corrected chi connectivity index (χ2v) is 8.92. The lowest BCUT2D eigenvalue weighted by Crippen LogP contribution is -2.26. The number of hydrogen-bond acceptors (Lipinski definition) is 6. The SMILES string of the molecule is COC(=O)[C@@H]1CCC[C@H]1C(=O)c1ccc(-c2ccc(Nc3nc4ccc(C)cc4o3)c(F)c2)cc1. The largest absolute Gasteiger partial charge is 0.469 e. The van der Waals surface area contributed by atoms with Crippen molar-refractivity contribution in [3.05, 3.63) is 77.6 Å². The average Bonchev–Trinajstić information content (AvgIpc) is 3.51. The predicted octanol–water partition coefficient (Wildman–Crippen LogP) is 6.46. The van der Waals surface area contributed by atoms with Crippen LogP contribution in [0.5, 0.6) is 0 Å². The van der Waals surface area contributed by atoms with Crippen molar-refractivity contribution in [2.75, 3.05) is 12.4 Å². The molecule has 0 radical (unpaired) electrons. The molecule has 1 aromatic heterocycles. The number of carbonyl (C=O) groups is 2. The second-order valence-electron chi connectivity index (χ2n) is 8.92. The Balaban J connectivity index is 1.31. The number of esters is 1. The summed E-state index contributed by atoms with van der Waals surface area (Å²) in [6.07, 6.45) is 2.18. The Morgan fingerprint density at radius 3 is 2.49 bits per heavy atom. The number of hydrogen-bond donors (Lipinski definition) is 1. The van der Waals surface area contributed by atoms with Crippen molar-refractivity contribution in [1.29, 1.82) is 0 Å². The van der Waals surface area contributed by atoms with Gasteiger partial charge in [0, 0.05) is 11.5 Å². The molecule has 5 rings (SSSR count). The Morgan fingerprint density at radius 2 is 1.74 bits per heavy atom. The summed E-state index contributed by atoms with van der Waals surface area (Å²) in [5, 5.41) is 2.90. The number of nitrogens with one attached hydrogen (secondary N) is 1. The van der Waals surface area contributed by atoms with Gasteiger partial charge in [0.05, 0.1) is 18.7 Å². The topological polar surface area (TPSA) is 81.4 Å². The molecule has 1 heterocycles. The monoisotopic (exact) mass is 472 g/mol. The standard InChI is InChI=1S/C28H25FN2O4/c1-16-6-12-24-25(14-16)35-28(31-24)30-23-13-11-19(15-22(23)29)17-7-9-18(10-8-17)26(32)20-4-3-5-21(20)27(33)34-2/h6-15,20-21H,3-5H2,1-2H3,(H,30,31)/t20-,21-/m1/s1. The smallest absolute Gasteiger partial charge is 0.309 e. The van der Waals surface area contributed by atoms with E-state index >= 15 is 0 Å². The van der Waals surface area contributed by atoms with E-state index < -0.39 is 5.82 Å². The van der Waals surface area contributed by atoms with E-state index in [2.05, 4.69) is 10.3 Å². The predicted molar refractivity (Wildman–Crippen MR) is 131 cm³/mol. The average molecular weight is 473 g/mol. The lowest BCUT2D eigenvalue weighted by atomic mass is 9.88. The summed E-state index contributed by atoms with van der Waals surface area (Å²) in [5.74, 6) is -1.57. The van der Waals surface area contributed by atoms with Crippen molar-refractivity contribution < 1.29 is 23.1 Å². The van der Waals surface area contributed by atoms with E-state index in [0.29, 0.717) is 35.1 Å². The fourth-order valence-electron chi connectivity index (χ4n) is 4.74. The molecule has 0 saturated heterocycles. The van der Waals surface area contributed by atoms with Gasteiger partial charge in [-0.15, -0.1) is 0 Å². The van der Waals surface area contributed by atoms with Gasteiger partial charge in [-0.25, -0.2) is 4.39 Å². The third kappa shape index (κ3) is 4.54. The number of fused-ring (bicyclic) bond motifs is 1.